The van der Waals surface area contributed by atoms with Crippen molar-refractivity contribution in [3.63, 3.8) is 0 Å². The predicted molar refractivity (Wildman–Crippen MR) is 84.6 cm³/mol. The highest BCUT2D eigenvalue weighted by molar-refractivity contribution is 5.61. The largest absolute Gasteiger partial charge is 0.253 e. The van der Waals surface area contributed by atoms with Crippen molar-refractivity contribution in [2.45, 2.75) is 47.5 Å². The zero-order valence-corrected chi connectivity index (χ0v) is 11.7. The summed E-state index contributed by atoms with van der Waals surface area (Å²) >= 11 is 0. The van der Waals surface area contributed by atoms with Crippen molar-refractivity contribution in [3.8, 4) is 11.3 Å². The number of hydrogen-bond acceptors (Lipinski definition) is 1. The first-order valence-corrected chi connectivity index (χ1v) is 6.66. The summed E-state index contributed by atoms with van der Waals surface area (Å²) in [5, 5.41) is 0. The van der Waals surface area contributed by atoms with E-state index in [9.17, 15) is 0 Å². The van der Waals surface area contributed by atoms with Crippen LogP contribution in [0.1, 0.15) is 50.4 Å². The van der Waals surface area contributed by atoms with E-state index in [0.717, 1.165) is 11.4 Å². The summed E-state index contributed by atoms with van der Waals surface area (Å²) in [5.74, 6) is 0.606. The topological polar surface area (TPSA) is 12.9 Å². The molecule has 0 amide bonds. The molecular formula is C18H25N. The van der Waals surface area contributed by atoms with Gasteiger partial charge in [-0.2, -0.15) is 0 Å². The first kappa shape index (κ1) is 15.4. The van der Waals surface area contributed by atoms with E-state index in [4.69, 9.17) is 0 Å². The highest BCUT2D eigenvalue weighted by Gasteiger charge is 2.08. The number of aromatic nitrogens is 1. The second-order valence-corrected chi connectivity index (χ2v) is 5.04. The van der Waals surface area contributed by atoms with Crippen molar-refractivity contribution in [2.75, 3.05) is 0 Å². The molecule has 0 radical (unpaired) electrons. The van der Waals surface area contributed by atoms with E-state index < -0.39 is 0 Å². The molecular weight excluding hydrogens is 230 g/mol. The highest BCUT2D eigenvalue weighted by atomic mass is 14.7. The Morgan fingerprint density at radius 3 is 2.47 bits per heavy atom. The van der Waals surface area contributed by atoms with Gasteiger partial charge >= 0.3 is 0 Å². The molecule has 0 aliphatic rings. The molecule has 0 fully saturated rings. The lowest BCUT2D eigenvalue weighted by Crippen LogP contribution is -1.96. The fourth-order valence-corrected chi connectivity index (χ4v) is 2.25. The molecule has 1 heteroatoms. The number of aryl methyl sites for hydroxylation is 2. The van der Waals surface area contributed by atoms with Crippen molar-refractivity contribution in [1.29, 1.82) is 0 Å². The summed E-state index contributed by atoms with van der Waals surface area (Å²) in [7, 11) is 0. The number of benzene rings is 1. The number of rotatable bonds is 3. The second kappa shape index (κ2) is 6.51. The van der Waals surface area contributed by atoms with Gasteiger partial charge in [0, 0.05) is 11.3 Å². The van der Waals surface area contributed by atoms with Gasteiger partial charge in [0.1, 0.15) is 0 Å². The van der Waals surface area contributed by atoms with Crippen molar-refractivity contribution in [2.24, 2.45) is 0 Å². The Morgan fingerprint density at radius 1 is 1.11 bits per heavy atom. The van der Waals surface area contributed by atoms with Crippen molar-refractivity contribution < 1.29 is 0 Å². The molecule has 19 heavy (non-hydrogen) atoms. The minimum atomic E-state index is 0. The Morgan fingerprint density at radius 2 is 1.84 bits per heavy atom. The maximum atomic E-state index is 4.60. The van der Waals surface area contributed by atoms with Crippen molar-refractivity contribution in [1.82, 2.24) is 4.98 Å². The van der Waals surface area contributed by atoms with E-state index in [0.29, 0.717) is 5.92 Å². The average Bonchev–Trinajstić information content (AvgIpc) is 2.38. The molecule has 0 saturated heterocycles. The summed E-state index contributed by atoms with van der Waals surface area (Å²) < 4.78 is 0. The van der Waals surface area contributed by atoms with Crippen LogP contribution in [0.25, 0.3) is 11.3 Å². The minimum absolute atomic E-state index is 0. The van der Waals surface area contributed by atoms with Gasteiger partial charge < -0.3 is 0 Å². The average molecular weight is 255 g/mol. The van der Waals surface area contributed by atoms with Gasteiger partial charge in [0.25, 0.3) is 0 Å². The maximum absolute atomic E-state index is 4.60. The second-order valence-electron chi connectivity index (χ2n) is 5.04. The van der Waals surface area contributed by atoms with Crippen molar-refractivity contribution >= 4 is 0 Å². The molecule has 0 spiro atoms. The summed E-state index contributed by atoms with van der Waals surface area (Å²) in [6.45, 7) is 8.75. The van der Waals surface area contributed by atoms with Gasteiger partial charge in [0.15, 0.2) is 0 Å². The van der Waals surface area contributed by atoms with Gasteiger partial charge in [-0.1, -0.05) is 39.5 Å². The first-order chi connectivity index (χ1) is 8.61. The Bertz CT molecular complexity index is 543. The van der Waals surface area contributed by atoms with Gasteiger partial charge in [0.05, 0.1) is 5.69 Å². The molecule has 1 nitrogen and oxygen atoms in total. The molecule has 0 aliphatic carbocycles. The van der Waals surface area contributed by atoms with Crippen LogP contribution in [-0.4, -0.2) is 4.98 Å². The molecule has 0 N–H and O–H groups in total. The number of hydrogen-bond donors (Lipinski definition) is 0. The van der Waals surface area contributed by atoms with Crippen LogP contribution in [0.4, 0.5) is 0 Å². The van der Waals surface area contributed by atoms with Crippen LogP contribution in [0.15, 0.2) is 36.4 Å². The fraction of sp³-hybridized carbons (Fsp3) is 0.389. The van der Waals surface area contributed by atoms with Crippen molar-refractivity contribution in [3.05, 3.63) is 53.2 Å². The van der Waals surface area contributed by atoms with Crippen LogP contribution < -0.4 is 0 Å². The SMILES string of the molecule is C.CCC(C)c1cc(-c2cccc(C)n2)ccc1C. The number of nitrogens with zero attached hydrogens (tertiary/aromatic N) is 1. The van der Waals surface area contributed by atoms with Crippen LogP contribution >= 0.6 is 0 Å². The third-order valence-electron chi connectivity index (χ3n) is 3.61. The maximum Gasteiger partial charge on any atom is 0.0705 e. The molecule has 102 valence electrons. The summed E-state index contributed by atoms with van der Waals surface area (Å²) in [6.07, 6.45) is 1.17. The molecule has 1 aromatic heterocycles. The summed E-state index contributed by atoms with van der Waals surface area (Å²) in [4.78, 5) is 4.60. The van der Waals surface area contributed by atoms with Crippen LogP contribution in [0.3, 0.4) is 0 Å². The Kier molecular flexibility index (Phi) is 5.29. The zero-order chi connectivity index (χ0) is 13.1. The van der Waals surface area contributed by atoms with Crippen LogP contribution in [0.2, 0.25) is 0 Å². The van der Waals surface area contributed by atoms with Gasteiger partial charge in [-0.05, 0) is 55.5 Å². The molecule has 0 saturated carbocycles. The van der Waals surface area contributed by atoms with Gasteiger partial charge in [0.2, 0.25) is 0 Å². The van der Waals surface area contributed by atoms with Gasteiger partial charge in [-0.3, -0.25) is 4.98 Å². The third-order valence-corrected chi connectivity index (χ3v) is 3.61. The monoisotopic (exact) mass is 255 g/mol. The standard InChI is InChI=1S/C17H21N.CH4/c1-5-12(2)16-11-15(10-9-13(16)3)17-8-6-7-14(4)18-17;/h6-12H,5H2,1-4H3;1H4. The predicted octanol–water partition coefficient (Wildman–Crippen LogP) is 5.52. The first-order valence-electron chi connectivity index (χ1n) is 6.66. The molecule has 0 bridgehead atoms. The number of pyridine rings is 1. The Labute approximate surface area is 117 Å². The smallest absolute Gasteiger partial charge is 0.0705 e. The lowest BCUT2D eigenvalue weighted by molar-refractivity contribution is 0.728. The molecule has 2 rings (SSSR count). The summed E-state index contributed by atoms with van der Waals surface area (Å²) in [6, 6.07) is 12.9. The van der Waals surface area contributed by atoms with Gasteiger partial charge in [-0.15, -0.1) is 0 Å². The van der Waals surface area contributed by atoms with Crippen LogP contribution in [0.5, 0.6) is 0 Å². The van der Waals surface area contributed by atoms with E-state index in [-0.39, 0.29) is 7.43 Å². The Hall–Kier alpha value is -1.63. The minimum Gasteiger partial charge on any atom is -0.253 e. The fourth-order valence-electron chi connectivity index (χ4n) is 2.25. The molecule has 0 aliphatic heterocycles. The van der Waals surface area contributed by atoms with E-state index in [1.54, 1.807) is 0 Å². The molecule has 1 atom stereocenters. The van der Waals surface area contributed by atoms with E-state index in [1.165, 1.54) is 23.1 Å². The Balaban J connectivity index is 0.00000180. The lowest BCUT2D eigenvalue weighted by Gasteiger charge is -2.14. The summed E-state index contributed by atoms with van der Waals surface area (Å²) in [5.41, 5.74) is 6.18. The van der Waals surface area contributed by atoms with E-state index in [2.05, 4.69) is 56.1 Å². The third kappa shape index (κ3) is 3.44. The van der Waals surface area contributed by atoms with Gasteiger partial charge in [-0.25, -0.2) is 0 Å². The van der Waals surface area contributed by atoms with Crippen LogP contribution in [-0.2, 0) is 0 Å². The molecule has 1 aromatic carbocycles. The zero-order valence-electron chi connectivity index (χ0n) is 11.7. The highest BCUT2D eigenvalue weighted by Crippen LogP contribution is 2.27. The molecule has 1 heterocycles. The van der Waals surface area contributed by atoms with E-state index >= 15 is 0 Å². The molecule has 1 unspecified atom stereocenters. The van der Waals surface area contributed by atoms with E-state index in [1.807, 2.05) is 13.0 Å². The normalized spacial score (nSPS) is 11.8. The van der Waals surface area contributed by atoms with Crippen LogP contribution in [0, 0.1) is 13.8 Å². The lowest BCUT2D eigenvalue weighted by atomic mass is 9.92. The quantitative estimate of drug-likeness (QED) is 0.704. The molecule has 2 aromatic rings.